The first-order valence-corrected chi connectivity index (χ1v) is 8.41. The summed E-state index contributed by atoms with van der Waals surface area (Å²) in [6.07, 6.45) is 5.92. The second-order valence-electron chi connectivity index (χ2n) is 8.37. The monoisotopic (exact) mass is 296 g/mol. The first-order chi connectivity index (χ1) is 9.67. The molecule has 0 aromatic rings. The van der Waals surface area contributed by atoms with E-state index in [4.69, 9.17) is 4.74 Å². The number of piperidine rings is 1. The number of ether oxygens (including phenoxy) is 1. The number of hydrogen-bond acceptors (Lipinski definition) is 3. The molecule has 1 heterocycles. The van der Waals surface area contributed by atoms with E-state index in [0.29, 0.717) is 17.5 Å². The fourth-order valence-corrected chi connectivity index (χ4v) is 3.53. The molecule has 2 atom stereocenters. The van der Waals surface area contributed by atoms with E-state index < -0.39 is 5.60 Å². The number of nitrogens with one attached hydrogen (secondary N) is 1. The maximum absolute atomic E-state index is 12.2. The molecule has 2 fully saturated rings. The van der Waals surface area contributed by atoms with Crippen LogP contribution in [0.3, 0.4) is 0 Å². The molecule has 1 aliphatic carbocycles. The van der Waals surface area contributed by atoms with Crippen LogP contribution in [0.4, 0.5) is 4.79 Å². The predicted octanol–water partition coefficient (Wildman–Crippen LogP) is 3.55. The molecule has 0 aromatic carbocycles. The topological polar surface area (TPSA) is 41.6 Å². The molecule has 1 amide bonds. The molecular weight excluding hydrogens is 264 g/mol. The standard InChI is InChI=1S/C17H32N2O2/c1-16(2,3)21-15(20)19-11-7-8-13(12-19)18-14-9-6-10-17(14,4)5/h13-14,18H,6-12H2,1-5H3. The highest BCUT2D eigenvalue weighted by Crippen LogP contribution is 2.37. The van der Waals surface area contributed by atoms with Crippen LogP contribution in [0.25, 0.3) is 0 Å². The van der Waals surface area contributed by atoms with E-state index in [1.807, 2.05) is 25.7 Å². The van der Waals surface area contributed by atoms with Crippen LogP contribution in [0.15, 0.2) is 0 Å². The van der Waals surface area contributed by atoms with Crippen LogP contribution in [-0.4, -0.2) is 41.8 Å². The van der Waals surface area contributed by atoms with Crippen molar-refractivity contribution in [2.45, 2.75) is 84.4 Å². The molecule has 0 radical (unpaired) electrons. The molecule has 0 aromatic heterocycles. The fourth-order valence-electron chi connectivity index (χ4n) is 3.53. The summed E-state index contributed by atoms with van der Waals surface area (Å²) < 4.78 is 5.50. The molecule has 4 heteroatoms. The zero-order valence-electron chi connectivity index (χ0n) is 14.4. The third-order valence-electron chi connectivity index (χ3n) is 4.77. The molecule has 1 aliphatic heterocycles. The lowest BCUT2D eigenvalue weighted by Crippen LogP contribution is -2.53. The maximum Gasteiger partial charge on any atom is 0.410 e. The van der Waals surface area contributed by atoms with E-state index in [-0.39, 0.29) is 6.09 Å². The lowest BCUT2D eigenvalue weighted by Gasteiger charge is -2.38. The van der Waals surface area contributed by atoms with Gasteiger partial charge < -0.3 is 15.0 Å². The van der Waals surface area contributed by atoms with Crippen molar-refractivity contribution in [1.29, 1.82) is 0 Å². The fraction of sp³-hybridized carbons (Fsp3) is 0.941. The Labute approximate surface area is 129 Å². The van der Waals surface area contributed by atoms with E-state index in [0.717, 1.165) is 25.9 Å². The number of carbonyl (C=O) groups excluding carboxylic acids is 1. The van der Waals surface area contributed by atoms with Gasteiger partial charge in [0.05, 0.1) is 0 Å². The molecule has 0 bridgehead atoms. The van der Waals surface area contributed by atoms with Crippen LogP contribution < -0.4 is 5.32 Å². The molecule has 21 heavy (non-hydrogen) atoms. The van der Waals surface area contributed by atoms with Crippen molar-refractivity contribution >= 4 is 6.09 Å². The molecule has 122 valence electrons. The minimum Gasteiger partial charge on any atom is -0.444 e. The Morgan fingerprint density at radius 3 is 2.52 bits per heavy atom. The summed E-state index contributed by atoms with van der Waals surface area (Å²) in [5.74, 6) is 0. The Balaban J connectivity index is 1.87. The van der Waals surface area contributed by atoms with E-state index in [2.05, 4.69) is 19.2 Å². The number of amides is 1. The van der Waals surface area contributed by atoms with Crippen molar-refractivity contribution in [1.82, 2.24) is 10.2 Å². The highest BCUT2D eigenvalue weighted by atomic mass is 16.6. The Hall–Kier alpha value is -0.770. The second kappa shape index (κ2) is 6.15. The number of carbonyl (C=O) groups is 1. The summed E-state index contributed by atoms with van der Waals surface area (Å²) in [5, 5.41) is 3.81. The normalized spacial score (nSPS) is 29.5. The van der Waals surface area contributed by atoms with Gasteiger partial charge in [0.1, 0.15) is 5.60 Å². The summed E-state index contributed by atoms with van der Waals surface area (Å²) in [6, 6.07) is 0.995. The zero-order chi connectivity index (χ0) is 15.7. The lowest BCUT2D eigenvalue weighted by molar-refractivity contribution is 0.0178. The SMILES string of the molecule is CC(C)(C)OC(=O)N1CCCC(NC2CCCC2(C)C)C1. The average molecular weight is 296 g/mol. The van der Waals surface area contributed by atoms with Gasteiger partial charge in [0.15, 0.2) is 0 Å². The maximum atomic E-state index is 12.2. The quantitative estimate of drug-likeness (QED) is 0.847. The molecule has 0 spiro atoms. The van der Waals surface area contributed by atoms with Crippen molar-refractivity contribution < 1.29 is 9.53 Å². The van der Waals surface area contributed by atoms with E-state index in [1.54, 1.807) is 0 Å². The van der Waals surface area contributed by atoms with Crippen LogP contribution >= 0.6 is 0 Å². The molecule has 2 rings (SSSR count). The molecular formula is C17H32N2O2. The van der Waals surface area contributed by atoms with Gasteiger partial charge in [0.25, 0.3) is 0 Å². The van der Waals surface area contributed by atoms with Crippen molar-refractivity contribution in [3.63, 3.8) is 0 Å². The van der Waals surface area contributed by atoms with Gasteiger partial charge in [0, 0.05) is 25.2 Å². The van der Waals surface area contributed by atoms with Gasteiger partial charge in [-0.15, -0.1) is 0 Å². The van der Waals surface area contributed by atoms with Gasteiger partial charge in [-0.2, -0.15) is 0 Å². The van der Waals surface area contributed by atoms with Gasteiger partial charge in [-0.25, -0.2) is 4.79 Å². The van der Waals surface area contributed by atoms with Gasteiger partial charge >= 0.3 is 6.09 Å². The molecule has 2 unspecified atom stereocenters. The van der Waals surface area contributed by atoms with Crippen LogP contribution in [-0.2, 0) is 4.74 Å². The Bertz CT molecular complexity index is 373. The first kappa shape index (κ1) is 16.6. The molecule has 1 N–H and O–H groups in total. The summed E-state index contributed by atoms with van der Waals surface area (Å²) >= 11 is 0. The number of rotatable bonds is 2. The van der Waals surface area contributed by atoms with Crippen molar-refractivity contribution in [3.05, 3.63) is 0 Å². The van der Waals surface area contributed by atoms with Crippen LogP contribution in [0, 0.1) is 5.41 Å². The summed E-state index contributed by atoms with van der Waals surface area (Å²) in [5.41, 5.74) is -0.0287. The smallest absolute Gasteiger partial charge is 0.410 e. The minimum absolute atomic E-state index is 0.167. The number of likely N-dealkylation sites (tertiary alicyclic amines) is 1. The Morgan fingerprint density at radius 1 is 1.24 bits per heavy atom. The molecule has 2 aliphatic rings. The second-order valence-corrected chi connectivity index (χ2v) is 8.37. The zero-order valence-corrected chi connectivity index (χ0v) is 14.4. The predicted molar refractivity (Wildman–Crippen MR) is 85.4 cm³/mol. The summed E-state index contributed by atoms with van der Waals surface area (Å²) in [6.45, 7) is 12.1. The Kier molecular flexibility index (Phi) is 4.86. The summed E-state index contributed by atoms with van der Waals surface area (Å²) in [7, 11) is 0. The van der Waals surface area contributed by atoms with Crippen LogP contribution in [0.1, 0.15) is 66.7 Å². The van der Waals surface area contributed by atoms with Gasteiger partial charge in [-0.1, -0.05) is 20.3 Å². The highest BCUT2D eigenvalue weighted by Gasteiger charge is 2.37. The van der Waals surface area contributed by atoms with Gasteiger partial charge in [0.2, 0.25) is 0 Å². The van der Waals surface area contributed by atoms with E-state index in [1.165, 1.54) is 19.3 Å². The third-order valence-corrected chi connectivity index (χ3v) is 4.77. The van der Waals surface area contributed by atoms with Crippen LogP contribution in [0.5, 0.6) is 0 Å². The van der Waals surface area contributed by atoms with Crippen molar-refractivity contribution in [2.75, 3.05) is 13.1 Å². The highest BCUT2D eigenvalue weighted by molar-refractivity contribution is 5.68. The van der Waals surface area contributed by atoms with Gasteiger partial charge in [-0.3, -0.25) is 0 Å². The number of nitrogens with zero attached hydrogens (tertiary/aromatic N) is 1. The van der Waals surface area contributed by atoms with E-state index >= 15 is 0 Å². The van der Waals surface area contributed by atoms with Gasteiger partial charge in [-0.05, 0) is 51.9 Å². The Morgan fingerprint density at radius 2 is 1.95 bits per heavy atom. The number of hydrogen-bond donors (Lipinski definition) is 1. The third kappa shape index (κ3) is 4.60. The lowest BCUT2D eigenvalue weighted by atomic mass is 9.86. The van der Waals surface area contributed by atoms with Crippen molar-refractivity contribution in [2.24, 2.45) is 5.41 Å². The summed E-state index contributed by atoms with van der Waals surface area (Å²) in [4.78, 5) is 14.1. The minimum atomic E-state index is -0.412. The van der Waals surface area contributed by atoms with Crippen LogP contribution in [0.2, 0.25) is 0 Å². The molecule has 4 nitrogen and oxygen atoms in total. The first-order valence-electron chi connectivity index (χ1n) is 8.41. The molecule has 1 saturated heterocycles. The molecule has 1 saturated carbocycles. The average Bonchev–Trinajstić information content (AvgIpc) is 2.67. The van der Waals surface area contributed by atoms with E-state index in [9.17, 15) is 4.79 Å². The van der Waals surface area contributed by atoms with Crippen molar-refractivity contribution in [3.8, 4) is 0 Å². The largest absolute Gasteiger partial charge is 0.444 e.